The van der Waals surface area contributed by atoms with Crippen LogP contribution in [0.25, 0.3) is 0 Å². The summed E-state index contributed by atoms with van der Waals surface area (Å²) >= 11 is 1.26. The summed E-state index contributed by atoms with van der Waals surface area (Å²) in [5.74, 6) is -0.586. The van der Waals surface area contributed by atoms with Crippen molar-refractivity contribution >= 4 is 33.8 Å². The van der Waals surface area contributed by atoms with Gasteiger partial charge in [-0.2, -0.15) is 0 Å². The number of esters is 1. The molecule has 2 rings (SSSR count). The molecule has 0 aliphatic heterocycles. The number of carbonyl (C=O) groups excluding carboxylic acids is 2. The number of anilines is 2. The van der Waals surface area contributed by atoms with Crippen molar-refractivity contribution in [2.45, 2.75) is 52.0 Å². The van der Waals surface area contributed by atoms with Gasteiger partial charge in [-0.25, -0.2) is 4.79 Å². The molecule has 0 atom stereocenters. The zero-order chi connectivity index (χ0) is 15.4. The van der Waals surface area contributed by atoms with Gasteiger partial charge in [0.05, 0.1) is 17.2 Å². The van der Waals surface area contributed by atoms with Gasteiger partial charge in [0.15, 0.2) is 5.78 Å². The predicted molar refractivity (Wildman–Crippen MR) is 85.2 cm³/mol. The van der Waals surface area contributed by atoms with Crippen LogP contribution in [0, 0.1) is 0 Å². The highest BCUT2D eigenvalue weighted by atomic mass is 32.1. The van der Waals surface area contributed by atoms with E-state index in [4.69, 9.17) is 10.5 Å². The van der Waals surface area contributed by atoms with E-state index >= 15 is 0 Å². The zero-order valence-corrected chi connectivity index (χ0v) is 13.3. The smallest absolute Gasteiger partial charge is 0.343 e. The maximum Gasteiger partial charge on any atom is 0.343 e. The van der Waals surface area contributed by atoms with E-state index in [1.165, 1.54) is 37.5 Å². The summed E-state index contributed by atoms with van der Waals surface area (Å²) in [6, 6.07) is 0.338. The summed E-state index contributed by atoms with van der Waals surface area (Å²) in [7, 11) is 0. The number of rotatable bonds is 5. The summed E-state index contributed by atoms with van der Waals surface area (Å²) in [6.45, 7) is 3.49. The number of ether oxygens (including phenoxy) is 1. The quantitative estimate of drug-likeness (QED) is 0.643. The monoisotopic (exact) mass is 310 g/mol. The zero-order valence-electron chi connectivity index (χ0n) is 12.5. The molecule has 0 spiro atoms. The van der Waals surface area contributed by atoms with E-state index in [-0.39, 0.29) is 18.1 Å². The third-order valence-corrected chi connectivity index (χ3v) is 4.92. The maximum atomic E-state index is 12.1. The molecule has 1 heterocycles. The Bertz CT molecular complexity index is 533. The van der Waals surface area contributed by atoms with E-state index < -0.39 is 5.97 Å². The van der Waals surface area contributed by atoms with E-state index in [2.05, 4.69) is 5.32 Å². The van der Waals surface area contributed by atoms with Crippen molar-refractivity contribution in [3.05, 3.63) is 10.4 Å². The van der Waals surface area contributed by atoms with Crippen LogP contribution in [0.3, 0.4) is 0 Å². The number of nitrogen functional groups attached to an aromatic ring is 1. The number of ketones is 1. The molecule has 1 aromatic rings. The molecule has 21 heavy (non-hydrogen) atoms. The first kappa shape index (κ1) is 15.8. The van der Waals surface area contributed by atoms with Crippen LogP contribution in [-0.4, -0.2) is 24.4 Å². The lowest BCUT2D eigenvalue weighted by atomic mass is 9.95. The van der Waals surface area contributed by atoms with E-state index in [0.29, 0.717) is 21.5 Å². The standard InChI is InChI=1S/C15H22N2O3S/c1-3-20-15(19)11-12(16)13(9(2)18)21-14(11)17-10-7-5-4-6-8-10/h10,17H,3-8,16H2,1-2H3. The second-order valence-corrected chi connectivity index (χ2v) is 6.33. The largest absolute Gasteiger partial charge is 0.462 e. The topological polar surface area (TPSA) is 81.4 Å². The Hall–Kier alpha value is -1.56. The Balaban J connectivity index is 2.30. The average molecular weight is 310 g/mol. The Morgan fingerprint density at radius 1 is 1.33 bits per heavy atom. The third-order valence-electron chi connectivity index (χ3n) is 3.68. The Kier molecular flexibility index (Phi) is 5.22. The fourth-order valence-corrected chi connectivity index (χ4v) is 3.73. The Labute approximate surface area is 128 Å². The van der Waals surface area contributed by atoms with E-state index in [0.717, 1.165) is 12.8 Å². The van der Waals surface area contributed by atoms with E-state index in [1.54, 1.807) is 6.92 Å². The van der Waals surface area contributed by atoms with Crippen LogP contribution in [0.4, 0.5) is 10.7 Å². The molecule has 0 radical (unpaired) electrons. The molecular formula is C15H22N2O3S. The van der Waals surface area contributed by atoms with Gasteiger partial charge in [0, 0.05) is 13.0 Å². The molecule has 0 saturated heterocycles. The average Bonchev–Trinajstić information content (AvgIpc) is 2.77. The van der Waals surface area contributed by atoms with Crippen LogP contribution in [-0.2, 0) is 4.74 Å². The molecule has 0 aromatic carbocycles. The highest BCUT2D eigenvalue weighted by molar-refractivity contribution is 7.19. The van der Waals surface area contributed by atoms with Gasteiger partial charge < -0.3 is 15.8 Å². The minimum Gasteiger partial charge on any atom is -0.462 e. The number of nitrogens with one attached hydrogen (secondary N) is 1. The van der Waals surface area contributed by atoms with Crippen molar-refractivity contribution in [1.82, 2.24) is 0 Å². The normalized spacial score (nSPS) is 15.7. The number of hydrogen-bond donors (Lipinski definition) is 2. The molecule has 3 N–H and O–H groups in total. The lowest BCUT2D eigenvalue weighted by molar-refractivity contribution is 0.0529. The van der Waals surface area contributed by atoms with E-state index in [1.807, 2.05) is 0 Å². The summed E-state index contributed by atoms with van der Waals surface area (Å²) in [4.78, 5) is 24.2. The van der Waals surface area contributed by atoms with Gasteiger partial charge in [0.2, 0.25) is 0 Å². The van der Waals surface area contributed by atoms with Gasteiger partial charge in [0.25, 0.3) is 0 Å². The highest BCUT2D eigenvalue weighted by Crippen LogP contribution is 2.38. The third kappa shape index (κ3) is 3.56. The SMILES string of the molecule is CCOC(=O)c1c(NC2CCCCC2)sc(C(C)=O)c1N. The molecular weight excluding hydrogens is 288 g/mol. The van der Waals surface area contributed by atoms with Crippen LogP contribution in [0.2, 0.25) is 0 Å². The number of Topliss-reactive ketones (excluding diaryl/α,β-unsaturated/α-hetero) is 1. The summed E-state index contributed by atoms with van der Waals surface area (Å²) < 4.78 is 5.07. The molecule has 0 unspecified atom stereocenters. The first-order valence-electron chi connectivity index (χ1n) is 7.41. The number of thiophene rings is 1. The molecule has 1 aromatic heterocycles. The van der Waals surface area contributed by atoms with Gasteiger partial charge in [-0.15, -0.1) is 11.3 Å². The molecule has 1 aliphatic rings. The summed E-state index contributed by atoms with van der Waals surface area (Å²) in [5.41, 5.74) is 6.55. The Morgan fingerprint density at radius 2 is 2.00 bits per heavy atom. The van der Waals surface area contributed by atoms with Gasteiger partial charge in [-0.1, -0.05) is 19.3 Å². The van der Waals surface area contributed by atoms with E-state index in [9.17, 15) is 9.59 Å². The van der Waals surface area contributed by atoms with Crippen molar-refractivity contribution in [3.8, 4) is 0 Å². The maximum absolute atomic E-state index is 12.1. The van der Waals surface area contributed by atoms with Crippen molar-refractivity contribution in [3.63, 3.8) is 0 Å². The highest BCUT2D eigenvalue weighted by Gasteiger charge is 2.26. The summed E-state index contributed by atoms with van der Waals surface area (Å²) in [5, 5.41) is 4.06. The van der Waals surface area contributed by atoms with Crippen molar-refractivity contribution in [2.24, 2.45) is 0 Å². The number of nitrogens with two attached hydrogens (primary N) is 1. The van der Waals surface area contributed by atoms with Gasteiger partial charge in [0.1, 0.15) is 10.6 Å². The lowest BCUT2D eigenvalue weighted by Gasteiger charge is -2.23. The number of carbonyl (C=O) groups is 2. The molecule has 5 nitrogen and oxygen atoms in total. The van der Waals surface area contributed by atoms with Gasteiger partial charge in [-0.05, 0) is 19.8 Å². The van der Waals surface area contributed by atoms with Crippen LogP contribution < -0.4 is 11.1 Å². The molecule has 1 saturated carbocycles. The molecule has 1 aliphatic carbocycles. The van der Waals surface area contributed by atoms with Gasteiger partial charge >= 0.3 is 5.97 Å². The fourth-order valence-electron chi connectivity index (χ4n) is 2.65. The number of hydrogen-bond acceptors (Lipinski definition) is 6. The van der Waals surface area contributed by atoms with Crippen molar-refractivity contribution in [1.29, 1.82) is 0 Å². The molecule has 0 bridgehead atoms. The van der Waals surface area contributed by atoms with Crippen LogP contribution in [0.5, 0.6) is 0 Å². The first-order valence-corrected chi connectivity index (χ1v) is 8.23. The second-order valence-electron chi connectivity index (χ2n) is 5.30. The first-order chi connectivity index (χ1) is 10.0. The molecule has 0 amide bonds. The molecule has 116 valence electrons. The van der Waals surface area contributed by atoms with Crippen molar-refractivity contribution < 1.29 is 14.3 Å². The summed E-state index contributed by atoms with van der Waals surface area (Å²) in [6.07, 6.45) is 5.79. The lowest BCUT2D eigenvalue weighted by Crippen LogP contribution is -2.23. The van der Waals surface area contributed by atoms with Crippen molar-refractivity contribution in [2.75, 3.05) is 17.7 Å². The van der Waals surface area contributed by atoms with Crippen LogP contribution >= 0.6 is 11.3 Å². The fraction of sp³-hybridized carbons (Fsp3) is 0.600. The minimum absolute atomic E-state index is 0.125. The second kappa shape index (κ2) is 6.93. The minimum atomic E-state index is -0.461. The Morgan fingerprint density at radius 3 is 2.57 bits per heavy atom. The van der Waals surface area contributed by atoms with Crippen LogP contribution in [0.15, 0.2) is 0 Å². The van der Waals surface area contributed by atoms with Crippen LogP contribution in [0.1, 0.15) is 66.0 Å². The molecule has 6 heteroatoms. The predicted octanol–water partition coefficient (Wildman–Crippen LogP) is 3.45. The van der Waals surface area contributed by atoms with Gasteiger partial charge in [-0.3, -0.25) is 4.79 Å². The molecule has 1 fully saturated rings.